The Kier molecular flexibility index (Phi) is 1.79. The third-order valence-corrected chi connectivity index (χ3v) is 3.15. The summed E-state index contributed by atoms with van der Waals surface area (Å²) in [5.74, 6) is 0. The fourth-order valence-electron chi connectivity index (χ4n) is 2.13. The molecule has 4 heteroatoms. The molecule has 3 heterocycles. The number of aromatic nitrogens is 3. The van der Waals surface area contributed by atoms with E-state index in [1.807, 2.05) is 17.6 Å². The van der Waals surface area contributed by atoms with E-state index in [9.17, 15) is 0 Å². The zero-order chi connectivity index (χ0) is 10.4. The third-order valence-electron chi connectivity index (χ3n) is 3.15. The predicted octanol–water partition coefficient (Wildman–Crippen LogP) is 0.992. The van der Waals surface area contributed by atoms with E-state index >= 15 is 0 Å². The second-order valence-electron chi connectivity index (χ2n) is 4.10. The summed E-state index contributed by atoms with van der Waals surface area (Å²) in [6, 6.07) is 0. The number of nitrogens with zero attached hydrogens (tertiary/aromatic N) is 3. The van der Waals surface area contributed by atoms with Crippen molar-refractivity contribution in [3.05, 3.63) is 28.7 Å². The van der Waals surface area contributed by atoms with Crippen LogP contribution in [0.1, 0.15) is 22.5 Å². The lowest BCUT2D eigenvalue weighted by atomic mass is 10.1. The number of hydrogen-bond acceptors (Lipinski definition) is 3. The number of nitrogens with one attached hydrogen (secondary N) is 1. The van der Waals surface area contributed by atoms with Crippen LogP contribution >= 0.6 is 0 Å². The Balaban J connectivity index is 2.36. The smallest absolute Gasteiger partial charge is 0.158 e. The molecule has 0 unspecified atom stereocenters. The van der Waals surface area contributed by atoms with E-state index in [0.29, 0.717) is 0 Å². The lowest BCUT2D eigenvalue weighted by Crippen LogP contribution is -2.26. The second kappa shape index (κ2) is 3.03. The molecule has 0 aliphatic carbocycles. The van der Waals surface area contributed by atoms with Crippen molar-refractivity contribution in [2.45, 2.75) is 26.8 Å². The highest BCUT2D eigenvalue weighted by Gasteiger charge is 2.15. The maximum absolute atomic E-state index is 4.55. The van der Waals surface area contributed by atoms with Crippen molar-refractivity contribution < 1.29 is 0 Å². The molecule has 15 heavy (non-hydrogen) atoms. The Hall–Kier alpha value is -1.42. The van der Waals surface area contributed by atoms with E-state index in [-0.39, 0.29) is 0 Å². The number of rotatable bonds is 0. The maximum atomic E-state index is 4.55. The van der Waals surface area contributed by atoms with Gasteiger partial charge in [-0.25, -0.2) is 9.50 Å². The van der Waals surface area contributed by atoms with Crippen molar-refractivity contribution in [1.82, 2.24) is 19.9 Å². The average molecular weight is 202 g/mol. The highest BCUT2D eigenvalue weighted by Crippen LogP contribution is 2.18. The molecule has 0 atom stereocenters. The minimum absolute atomic E-state index is 0.913. The van der Waals surface area contributed by atoms with E-state index in [0.717, 1.165) is 30.9 Å². The van der Waals surface area contributed by atoms with Crippen LogP contribution in [0.3, 0.4) is 0 Å². The molecule has 0 saturated heterocycles. The molecule has 0 radical (unpaired) electrons. The predicted molar refractivity (Wildman–Crippen MR) is 57.9 cm³/mol. The first-order valence-electron chi connectivity index (χ1n) is 5.31. The summed E-state index contributed by atoms with van der Waals surface area (Å²) in [6.07, 6.45) is 3.01. The first-order chi connectivity index (χ1) is 7.27. The molecule has 1 N–H and O–H groups in total. The molecular formula is C11H14N4. The van der Waals surface area contributed by atoms with E-state index in [1.165, 1.54) is 16.8 Å². The fraction of sp³-hybridized carbons (Fsp3) is 0.455. The number of hydrogen-bond donors (Lipinski definition) is 1. The highest BCUT2D eigenvalue weighted by molar-refractivity contribution is 5.50. The maximum Gasteiger partial charge on any atom is 0.158 e. The minimum atomic E-state index is 0.913. The van der Waals surface area contributed by atoms with Crippen LogP contribution in [0.4, 0.5) is 0 Å². The largest absolute Gasteiger partial charge is 0.312 e. The summed E-state index contributed by atoms with van der Waals surface area (Å²) in [6.45, 7) is 6.07. The van der Waals surface area contributed by atoms with E-state index in [1.54, 1.807) is 0 Å². The van der Waals surface area contributed by atoms with Crippen LogP contribution in [0.2, 0.25) is 0 Å². The van der Waals surface area contributed by atoms with Crippen molar-refractivity contribution in [3.63, 3.8) is 0 Å². The van der Waals surface area contributed by atoms with Crippen LogP contribution in [0.15, 0.2) is 6.20 Å². The summed E-state index contributed by atoms with van der Waals surface area (Å²) < 4.78 is 2.01. The van der Waals surface area contributed by atoms with Crippen molar-refractivity contribution in [2.75, 3.05) is 6.54 Å². The molecule has 4 nitrogen and oxygen atoms in total. The highest BCUT2D eigenvalue weighted by atomic mass is 15.3. The second-order valence-corrected chi connectivity index (χ2v) is 4.10. The molecule has 2 aromatic rings. The van der Waals surface area contributed by atoms with Crippen LogP contribution in [-0.4, -0.2) is 21.1 Å². The van der Waals surface area contributed by atoms with Crippen molar-refractivity contribution in [2.24, 2.45) is 0 Å². The molecule has 1 aliphatic heterocycles. The third kappa shape index (κ3) is 1.18. The Labute approximate surface area is 88.3 Å². The van der Waals surface area contributed by atoms with Gasteiger partial charge in [-0.15, -0.1) is 0 Å². The molecule has 3 rings (SSSR count). The summed E-state index contributed by atoms with van der Waals surface area (Å²) in [4.78, 5) is 4.48. The fourth-order valence-corrected chi connectivity index (χ4v) is 2.13. The summed E-state index contributed by atoms with van der Waals surface area (Å²) in [7, 11) is 0. The van der Waals surface area contributed by atoms with Gasteiger partial charge in [0.25, 0.3) is 0 Å². The lowest BCUT2D eigenvalue weighted by molar-refractivity contribution is 0.609. The Morgan fingerprint density at radius 1 is 1.40 bits per heavy atom. The molecule has 78 valence electrons. The molecule has 0 bridgehead atoms. The van der Waals surface area contributed by atoms with Crippen molar-refractivity contribution in [3.8, 4) is 0 Å². The van der Waals surface area contributed by atoms with Gasteiger partial charge in [0.05, 0.1) is 11.4 Å². The van der Waals surface area contributed by atoms with E-state index < -0.39 is 0 Å². The van der Waals surface area contributed by atoms with Gasteiger partial charge < -0.3 is 5.32 Å². The number of fused-ring (bicyclic) bond motifs is 3. The van der Waals surface area contributed by atoms with E-state index in [4.69, 9.17) is 0 Å². The summed E-state index contributed by atoms with van der Waals surface area (Å²) in [5, 5.41) is 7.90. The quantitative estimate of drug-likeness (QED) is 0.692. The van der Waals surface area contributed by atoms with Crippen LogP contribution in [0.25, 0.3) is 5.65 Å². The zero-order valence-electron chi connectivity index (χ0n) is 9.04. The molecule has 0 amide bonds. The van der Waals surface area contributed by atoms with Gasteiger partial charge in [-0.2, -0.15) is 5.10 Å². The van der Waals surface area contributed by atoms with Gasteiger partial charge in [-0.05, 0) is 13.8 Å². The van der Waals surface area contributed by atoms with Gasteiger partial charge in [-0.1, -0.05) is 0 Å². The lowest BCUT2D eigenvalue weighted by Gasteiger charge is -2.17. The van der Waals surface area contributed by atoms with Crippen molar-refractivity contribution >= 4 is 5.65 Å². The molecule has 0 aromatic carbocycles. The first kappa shape index (κ1) is 8.85. The van der Waals surface area contributed by atoms with Gasteiger partial charge in [0.1, 0.15) is 0 Å². The van der Waals surface area contributed by atoms with Gasteiger partial charge in [-0.3, -0.25) is 0 Å². The summed E-state index contributed by atoms with van der Waals surface area (Å²) in [5.41, 5.74) is 5.87. The van der Waals surface area contributed by atoms with Gasteiger partial charge in [0.15, 0.2) is 5.65 Å². The van der Waals surface area contributed by atoms with Gasteiger partial charge in [0, 0.05) is 36.8 Å². The Morgan fingerprint density at radius 2 is 2.27 bits per heavy atom. The average Bonchev–Trinajstić information content (AvgIpc) is 2.56. The van der Waals surface area contributed by atoms with Crippen LogP contribution in [0, 0.1) is 13.8 Å². The first-order valence-corrected chi connectivity index (χ1v) is 5.31. The number of aryl methyl sites for hydroxylation is 2. The molecule has 2 aromatic heterocycles. The molecule has 0 spiro atoms. The Morgan fingerprint density at radius 3 is 3.13 bits per heavy atom. The topological polar surface area (TPSA) is 42.2 Å². The van der Waals surface area contributed by atoms with E-state index in [2.05, 4.69) is 22.3 Å². The SMILES string of the molecule is Cc1nn2c3c(cnc2c1C)CNCC3. The molecule has 0 fully saturated rings. The van der Waals surface area contributed by atoms with Crippen LogP contribution < -0.4 is 5.32 Å². The van der Waals surface area contributed by atoms with Crippen LogP contribution in [-0.2, 0) is 13.0 Å². The summed E-state index contributed by atoms with van der Waals surface area (Å²) >= 11 is 0. The van der Waals surface area contributed by atoms with Crippen molar-refractivity contribution in [1.29, 1.82) is 0 Å². The molecule has 1 aliphatic rings. The monoisotopic (exact) mass is 202 g/mol. The van der Waals surface area contributed by atoms with Crippen LogP contribution in [0.5, 0.6) is 0 Å². The standard InChI is InChI=1S/C11H14N4/c1-7-8(2)14-15-10-3-4-12-5-9(10)6-13-11(7)15/h6,12H,3-5H2,1-2H3. The minimum Gasteiger partial charge on any atom is -0.312 e. The molecular weight excluding hydrogens is 188 g/mol. The van der Waals surface area contributed by atoms with Gasteiger partial charge >= 0.3 is 0 Å². The Bertz CT molecular complexity index is 527. The normalized spacial score (nSPS) is 15.6. The van der Waals surface area contributed by atoms with Gasteiger partial charge in [0.2, 0.25) is 0 Å². The zero-order valence-corrected chi connectivity index (χ0v) is 9.04. The molecule has 0 saturated carbocycles.